The van der Waals surface area contributed by atoms with Gasteiger partial charge in [-0.25, -0.2) is 4.79 Å². The summed E-state index contributed by atoms with van der Waals surface area (Å²) in [5.74, 6) is -2.67. The van der Waals surface area contributed by atoms with E-state index in [1.54, 1.807) is 12.1 Å². The minimum absolute atomic E-state index is 0.00405. The number of benzene rings is 2. The Hall–Kier alpha value is -3.10. The Balaban J connectivity index is 1.79. The van der Waals surface area contributed by atoms with E-state index in [-0.39, 0.29) is 41.2 Å². The molecule has 0 bridgehead atoms. The molecular formula is C24H19Br2ClF3N3O6. The fraction of sp³-hybridized carbons (Fsp3) is 0.250. The van der Waals surface area contributed by atoms with Gasteiger partial charge in [-0.15, -0.1) is 5.10 Å². The maximum atomic E-state index is 12.9. The quantitative estimate of drug-likeness (QED) is 0.278. The number of esters is 1. The highest BCUT2D eigenvalue weighted by Crippen LogP contribution is 2.40. The van der Waals surface area contributed by atoms with Gasteiger partial charge in [0.05, 0.1) is 16.1 Å². The maximum absolute atomic E-state index is 12.9. The third-order valence-corrected chi connectivity index (χ3v) is 6.58. The van der Waals surface area contributed by atoms with Crippen LogP contribution in [0.4, 0.5) is 13.2 Å². The molecular weight excluding hydrogens is 679 g/mol. The van der Waals surface area contributed by atoms with Gasteiger partial charge in [-0.05, 0) is 73.8 Å². The Morgan fingerprint density at radius 1 is 1.10 bits per heavy atom. The molecule has 0 aliphatic rings. The van der Waals surface area contributed by atoms with E-state index in [1.165, 1.54) is 30.3 Å². The molecule has 1 amide bonds. The first kappa shape index (κ1) is 30.4. The highest BCUT2D eigenvalue weighted by Gasteiger charge is 2.45. The molecule has 0 radical (unpaired) electrons. The van der Waals surface area contributed by atoms with Crippen molar-refractivity contribution < 1.29 is 42.1 Å². The molecule has 0 saturated carbocycles. The number of likely N-dealkylation sites (N-methyl/N-ethyl adjacent to an activating group) is 1. The molecule has 0 aliphatic heterocycles. The summed E-state index contributed by atoms with van der Waals surface area (Å²) >= 11 is 12.4. The van der Waals surface area contributed by atoms with E-state index in [0.29, 0.717) is 25.1 Å². The van der Waals surface area contributed by atoms with Gasteiger partial charge in [-0.3, -0.25) is 4.79 Å². The number of hydrogen-bond acceptors (Lipinski definition) is 8. The number of amides is 1. The molecule has 1 N–H and O–H groups in total. The molecule has 0 unspecified atom stereocenters. The van der Waals surface area contributed by atoms with Gasteiger partial charge >= 0.3 is 18.1 Å². The summed E-state index contributed by atoms with van der Waals surface area (Å²) < 4.78 is 55.8. The molecule has 0 spiro atoms. The number of carbonyl (C=O) groups excluding carboxylic acids is 2. The SMILES string of the molecule is COC(=O)[C@H](Cc1cc(Br)c(Oc2ccc(O)c(OCc3ccc(Cl)nn3)c2)c(Br)c1)N(C)C(=O)C(F)(F)F. The van der Waals surface area contributed by atoms with Crippen molar-refractivity contribution in [1.29, 1.82) is 0 Å². The lowest BCUT2D eigenvalue weighted by Crippen LogP contribution is -2.49. The zero-order valence-electron chi connectivity index (χ0n) is 20.1. The van der Waals surface area contributed by atoms with E-state index in [0.717, 1.165) is 14.2 Å². The van der Waals surface area contributed by atoms with Crippen LogP contribution in [0.3, 0.4) is 0 Å². The molecule has 0 aliphatic carbocycles. The van der Waals surface area contributed by atoms with E-state index in [2.05, 4.69) is 46.8 Å². The maximum Gasteiger partial charge on any atom is 0.471 e. The van der Waals surface area contributed by atoms with Crippen LogP contribution in [0.2, 0.25) is 5.15 Å². The summed E-state index contributed by atoms with van der Waals surface area (Å²) in [6.07, 6.45) is -5.43. The summed E-state index contributed by atoms with van der Waals surface area (Å²) in [6.45, 7) is -0.00405. The number of hydrogen-bond donors (Lipinski definition) is 1. The number of nitrogens with zero attached hydrogens (tertiary/aromatic N) is 3. The summed E-state index contributed by atoms with van der Waals surface area (Å²) in [5.41, 5.74) is 0.871. The van der Waals surface area contributed by atoms with Crippen molar-refractivity contribution in [2.24, 2.45) is 0 Å². The molecule has 208 valence electrons. The van der Waals surface area contributed by atoms with E-state index >= 15 is 0 Å². The van der Waals surface area contributed by atoms with Gasteiger partial charge in [0.15, 0.2) is 22.4 Å². The summed E-state index contributed by atoms with van der Waals surface area (Å²) in [5, 5.41) is 18.0. The van der Waals surface area contributed by atoms with Crippen LogP contribution in [0.25, 0.3) is 0 Å². The third-order valence-electron chi connectivity index (χ3n) is 5.20. The molecule has 1 heterocycles. The number of aromatic nitrogens is 2. The first-order valence-electron chi connectivity index (χ1n) is 10.8. The molecule has 39 heavy (non-hydrogen) atoms. The Bertz CT molecular complexity index is 1340. The number of phenols is 1. The van der Waals surface area contributed by atoms with Crippen LogP contribution in [0, 0.1) is 0 Å². The zero-order valence-corrected chi connectivity index (χ0v) is 24.1. The molecule has 0 fully saturated rings. The molecule has 15 heteroatoms. The van der Waals surface area contributed by atoms with Crippen molar-refractivity contribution >= 4 is 55.3 Å². The molecule has 2 aromatic carbocycles. The van der Waals surface area contributed by atoms with E-state index < -0.39 is 24.1 Å². The van der Waals surface area contributed by atoms with Crippen LogP contribution in [-0.4, -0.2) is 58.5 Å². The third kappa shape index (κ3) is 7.96. The van der Waals surface area contributed by atoms with Crippen molar-refractivity contribution in [1.82, 2.24) is 15.1 Å². The monoisotopic (exact) mass is 695 g/mol. The van der Waals surface area contributed by atoms with Crippen molar-refractivity contribution in [2.75, 3.05) is 14.2 Å². The summed E-state index contributed by atoms with van der Waals surface area (Å²) in [6, 6.07) is 8.98. The Morgan fingerprint density at radius 3 is 2.33 bits per heavy atom. The van der Waals surface area contributed by atoms with E-state index in [1.807, 2.05) is 0 Å². The van der Waals surface area contributed by atoms with Crippen LogP contribution in [0.5, 0.6) is 23.0 Å². The summed E-state index contributed by atoms with van der Waals surface area (Å²) in [4.78, 5) is 24.2. The first-order valence-corrected chi connectivity index (χ1v) is 12.8. The van der Waals surface area contributed by atoms with Gasteiger partial charge < -0.3 is 24.2 Å². The van der Waals surface area contributed by atoms with Crippen LogP contribution in [0.1, 0.15) is 11.3 Å². The van der Waals surface area contributed by atoms with Crippen molar-refractivity contribution in [3.05, 3.63) is 67.8 Å². The Morgan fingerprint density at radius 2 is 1.77 bits per heavy atom. The highest BCUT2D eigenvalue weighted by atomic mass is 79.9. The Kier molecular flexibility index (Phi) is 10.0. The second kappa shape index (κ2) is 12.8. The smallest absolute Gasteiger partial charge is 0.471 e. The standard InChI is InChI=1S/C24H19Br2ClF3N3O6/c1-33(23(36)24(28,29)30)17(22(35)37-2)9-12-7-15(25)21(16(26)8-12)39-14-4-5-18(34)19(10-14)38-11-13-3-6-20(27)32-31-13/h3-8,10,17,34H,9,11H2,1-2H3/t17-/m0/s1. The lowest BCUT2D eigenvalue weighted by molar-refractivity contribution is -0.188. The van der Waals surface area contributed by atoms with Gasteiger partial charge in [0.2, 0.25) is 0 Å². The van der Waals surface area contributed by atoms with Crippen LogP contribution in [0.15, 0.2) is 51.4 Å². The number of carbonyl (C=O) groups is 2. The second-order valence-electron chi connectivity index (χ2n) is 7.91. The lowest BCUT2D eigenvalue weighted by atomic mass is 10.0. The molecule has 3 rings (SSSR count). The minimum Gasteiger partial charge on any atom is -0.504 e. The zero-order chi connectivity index (χ0) is 28.9. The second-order valence-corrected chi connectivity index (χ2v) is 10.0. The molecule has 1 atom stereocenters. The fourth-order valence-electron chi connectivity index (χ4n) is 3.27. The van der Waals surface area contributed by atoms with Crippen molar-refractivity contribution in [3.8, 4) is 23.0 Å². The van der Waals surface area contributed by atoms with Crippen LogP contribution < -0.4 is 9.47 Å². The number of alkyl halides is 3. The predicted molar refractivity (Wildman–Crippen MR) is 140 cm³/mol. The molecule has 9 nitrogen and oxygen atoms in total. The predicted octanol–water partition coefficient (Wildman–Crippen LogP) is 5.84. The lowest BCUT2D eigenvalue weighted by Gasteiger charge is -2.27. The number of phenolic OH excluding ortho intramolecular Hbond substituents is 1. The molecule has 0 saturated heterocycles. The Labute approximate surface area is 242 Å². The van der Waals surface area contributed by atoms with Gasteiger partial charge in [0, 0.05) is 19.5 Å². The molecule has 3 aromatic rings. The number of halogens is 6. The van der Waals surface area contributed by atoms with Gasteiger partial charge in [0.1, 0.15) is 24.1 Å². The van der Waals surface area contributed by atoms with Crippen molar-refractivity contribution in [2.45, 2.75) is 25.2 Å². The number of rotatable bonds is 9. The topological polar surface area (TPSA) is 111 Å². The van der Waals surface area contributed by atoms with Gasteiger partial charge in [-0.2, -0.15) is 18.3 Å². The average Bonchev–Trinajstić information content (AvgIpc) is 2.88. The van der Waals surface area contributed by atoms with Crippen molar-refractivity contribution in [3.63, 3.8) is 0 Å². The number of methoxy groups -OCH3 is 1. The fourth-order valence-corrected chi connectivity index (χ4v) is 4.81. The van der Waals surface area contributed by atoms with E-state index in [9.17, 15) is 27.9 Å². The number of aromatic hydroxyl groups is 1. The normalized spacial score (nSPS) is 12.0. The van der Waals surface area contributed by atoms with Gasteiger partial charge in [-0.1, -0.05) is 11.6 Å². The largest absolute Gasteiger partial charge is 0.504 e. The minimum atomic E-state index is -5.16. The number of ether oxygens (including phenoxy) is 3. The summed E-state index contributed by atoms with van der Waals surface area (Å²) in [7, 11) is 1.89. The first-order chi connectivity index (χ1) is 18.3. The highest BCUT2D eigenvalue weighted by molar-refractivity contribution is 9.11. The van der Waals surface area contributed by atoms with Crippen LogP contribution >= 0.6 is 43.5 Å². The molecule has 1 aromatic heterocycles. The van der Waals surface area contributed by atoms with Crippen LogP contribution in [-0.2, 0) is 27.4 Å². The van der Waals surface area contributed by atoms with E-state index in [4.69, 9.17) is 21.1 Å². The average molecular weight is 698 g/mol. The van der Waals surface area contributed by atoms with Gasteiger partial charge in [0.25, 0.3) is 0 Å².